The van der Waals surface area contributed by atoms with Crippen molar-refractivity contribution >= 4 is 11.5 Å². The van der Waals surface area contributed by atoms with E-state index in [-0.39, 0.29) is 10.6 Å². The molecular weight excluding hydrogens is 220 g/mol. The fraction of sp³-hybridized carbons (Fsp3) is 0.727. The van der Waals surface area contributed by atoms with Gasteiger partial charge in [0.05, 0.1) is 4.92 Å². The Morgan fingerprint density at radius 3 is 2.65 bits per heavy atom. The van der Waals surface area contributed by atoms with Crippen molar-refractivity contribution in [2.75, 3.05) is 5.32 Å². The fourth-order valence-corrected chi connectivity index (χ4v) is 2.47. The van der Waals surface area contributed by atoms with Gasteiger partial charge in [-0.3, -0.25) is 10.1 Å². The highest BCUT2D eigenvalue weighted by atomic mass is 16.6. The molecule has 6 heteroatoms. The minimum Gasteiger partial charge on any atom is -0.362 e. The maximum atomic E-state index is 11.0. The maximum absolute atomic E-state index is 11.0. The van der Waals surface area contributed by atoms with Crippen LogP contribution in [0, 0.1) is 17.0 Å². The van der Waals surface area contributed by atoms with Gasteiger partial charge in [0, 0.05) is 13.1 Å². The van der Waals surface area contributed by atoms with Crippen molar-refractivity contribution in [1.82, 2.24) is 9.78 Å². The lowest BCUT2D eigenvalue weighted by molar-refractivity contribution is -0.384. The SMILES string of the molecule is Cc1nn(C)c(NC2CCCCC2)c1[N+](=O)[O-]. The second kappa shape index (κ2) is 4.73. The third-order valence-corrected chi connectivity index (χ3v) is 3.32. The Balaban J connectivity index is 2.21. The van der Waals surface area contributed by atoms with Crippen molar-refractivity contribution in [2.45, 2.75) is 45.1 Å². The molecule has 0 saturated heterocycles. The highest BCUT2D eigenvalue weighted by molar-refractivity contribution is 5.59. The molecule has 0 aromatic carbocycles. The number of nitrogens with one attached hydrogen (secondary N) is 1. The Kier molecular flexibility index (Phi) is 3.31. The minimum atomic E-state index is -0.354. The van der Waals surface area contributed by atoms with Crippen molar-refractivity contribution in [3.63, 3.8) is 0 Å². The lowest BCUT2D eigenvalue weighted by Crippen LogP contribution is -2.24. The van der Waals surface area contributed by atoms with Crippen molar-refractivity contribution in [1.29, 1.82) is 0 Å². The summed E-state index contributed by atoms with van der Waals surface area (Å²) in [7, 11) is 1.74. The average molecular weight is 238 g/mol. The number of aryl methyl sites for hydroxylation is 2. The number of hydrogen-bond donors (Lipinski definition) is 1. The molecule has 0 bridgehead atoms. The molecule has 0 unspecified atom stereocenters. The Morgan fingerprint density at radius 1 is 1.41 bits per heavy atom. The summed E-state index contributed by atoms with van der Waals surface area (Å²) in [5.74, 6) is 0.541. The van der Waals surface area contributed by atoms with E-state index in [1.54, 1.807) is 18.7 Å². The number of nitro groups is 1. The fourth-order valence-electron chi connectivity index (χ4n) is 2.47. The quantitative estimate of drug-likeness (QED) is 0.648. The van der Waals surface area contributed by atoms with Crippen LogP contribution in [-0.2, 0) is 7.05 Å². The number of aromatic nitrogens is 2. The third-order valence-electron chi connectivity index (χ3n) is 3.32. The van der Waals surface area contributed by atoms with Crippen LogP contribution in [0.15, 0.2) is 0 Å². The van der Waals surface area contributed by atoms with Crippen molar-refractivity contribution in [3.05, 3.63) is 15.8 Å². The molecular formula is C11H18N4O2. The first-order valence-corrected chi connectivity index (χ1v) is 6.04. The standard InChI is InChI=1S/C11H18N4O2/c1-8-10(15(16)17)11(14(2)13-8)12-9-6-4-3-5-7-9/h9,12H,3-7H2,1-2H3. The molecule has 17 heavy (non-hydrogen) atoms. The highest BCUT2D eigenvalue weighted by Crippen LogP contribution is 2.30. The largest absolute Gasteiger partial charge is 0.362 e. The van der Waals surface area contributed by atoms with Crippen LogP contribution in [0.4, 0.5) is 11.5 Å². The van der Waals surface area contributed by atoms with Gasteiger partial charge in [0.1, 0.15) is 5.69 Å². The molecule has 2 rings (SSSR count). The topological polar surface area (TPSA) is 73.0 Å². The second-order valence-electron chi connectivity index (χ2n) is 4.64. The monoisotopic (exact) mass is 238 g/mol. The van der Waals surface area contributed by atoms with Crippen LogP contribution in [0.25, 0.3) is 0 Å². The molecule has 0 spiro atoms. The molecule has 6 nitrogen and oxygen atoms in total. The van der Waals surface area contributed by atoms with Crippen LogP contribution >= 0.6 is 0 Å². The van der Waals surface area contributed by atoms with Gasteiger partial charge >= 0.3 is 5.69 Å². The first kappa shape index (κ1) is 11.9. The lowest BCUT2D eigenvalue weighted by atomic mass is 9.95. The van der Waals surface area contributed by atoms with Crippen LogP contribution in [0.3, 0.4) is 0 Å². The molecule has 0 atom stereocenters. The number of nitrogens with zero attached hydrogens (tertiary/aromatic N) is 3. The lowest BCUT2D eigenvalue weighted by Gasteiger charge is -2.23. The Labute approximate surface area is 100 Å². The van der Waals surface area contributed by atoms with E-state index in [2.05, 4.69) is 10.4 Å². The van der Waals surface area contributed by atoms with E-state index in [4.69, 9.17) is 0 Å². The smallest absolute Gasteiger partial charge is 0.333 e. The van der Waals surface area contributed by atoms with Crippen molar-refractivity contribution in [2.24, 2.45) is 7.05 Å². The normalized spacial score (nSPS) is 17.1. The summed E-state index contributed by atoms with van der Waals surface area (Å²) >= 11 is 0. The van der Waals surface area contributed by atoms with Gasteiger partial charge in [0.2, 0.25) is 5.82 Å². The average Bonchev–Trinajstić information content (AvgIpc) is 2.55. The van der Waals surface area contributed by atoms with E-state index in [0.29, 0.717) is 17.6 Å². The summed E-state index contributed by atoms with van der Waals surface area (Å²) in [6.07, 6.45) is 5.83. The van der Waals surface area contributed by atoms with Crippen LogP contribution in [0.5, 0.6) is 0 Å². The molecule has 0 amide bonds. The van der Waals surface area contributed by atoms with Gasteiger partial charge < -0.3 is 5.32 Å². The van der Waals surface area contributed by atoms with Gasteiger partial charge in [-0.25, -0.2) is 4.68 Å². The Hall–Kier alpha value is -1.59. The summed E-state index contributed by atoms with van der Waals surface area (Å²) in [6.45, 7) is 1.67. The van der Waals surface area contributed by atoms with Gasteiger partial charge in [-0.1, -0.05) is 19.3 Å². The molecule has 1 aromatic heterocycles. The maximum Gasteiger partial charge on any atom is 0.333 e. The number of rotatable bonds is 3. The Morgan fingerprint density at radius 2 is 2.06 bits per heavy atom. The summed E-state index contributed by atoms with van der Waals surface area (Å²) < 4.78 is 1.57. The molecule has 94 valence electrons. The van der Waals surface area contributed by atoms with E-state index in [0.717, 1.165) is 12.8 Å². The molecule has 0 aliphatic heterocycles. The second-order valence-corrected chi connectivity index (χ2v) is 4.64. The van der Waals surface area contributed by atoms with Crippen molar-refractivity contribution < 1.29 is 4.92 Å². The molecule has 1 saturated carbocycles. The molecule has 0 radical (unpaired) electrons. The summed E-state index contributed by atoms with van der Waals surface area (Å²) in [5.41, 5.74) is 0.578. The number of hydrogen-bond acceptors (Lipinski definition) is 4. The van der Waals surface area contributed by atoms with E-state index >= 15 is 0 Å². The zero-order valence-electron chi connectivity index (χ0n) is 10.3. The van der Waals surface area contributed by atoms with Crippen LogP contribution in [0.2, 0.25) is 0 Å². The zero-order chi connectivity index (χ0) is 12.4. The van der Waals surface area contributed by atoms with E-state index < -0.39 is 0 Å². The molecule has 1 aromatic rings. The van der Waals surface area contributed by atoms with Crippen LogP contribution in [-0.4, -0.2) is 20.7 Å². The minimum absolute atomic E-state index is 0.109. The molecule has 1 N–H and O–H groups in total. The first-order valence-electron chi connectivity index (χ1n) is 6.04. The van der Waals surface area contributed by atoms with Gasteiger partial charge in [-0.05, 0) is 19.8 Å². The van der Waals surface area contributed by atoms with E-state index in [1.165, 1.54) is 19.3 Å². The predicted molar refractivity (Wildman–Crippen MR) is 65.1 cm³/mol. The van der Waals surface area contributed by atoms with E-state index in [1.807, 2.05) is 0 Å². The predicted octanol–water partition coefficient (Wildman–Crippen LogP) is 2.38. The molecule has 1 heterocycles. The molecule has 1 fully saturated rings. The molecule has 1 aliphatic carbocycles. The van der Waals surface area contributed by atoms with Crippen LogP contribution < -0.4 is 5.32 Å². The summed E-state index contributed by atoms with van der Waals surface area (Å²) in [4.78, 5) is 10.7. The van der Waals surface area contributed by atoms with Gasteiger partial charge in [0.25, 0.3) is 0 Å². The number of anilines is 1. The zero-order valence-corrected chi connectivity index (χ0v) is 10.3. The van der Waals surface area contributed by atoms with Crippen LogP contribution in [0.1, 0.15) is 37.8 Å². The van der Waals surface area contributed by atoms with Gasteiger partial charge in [-0.15, -0.1) is 0 Å². The Bertz CT molecular complexity index is 421. The molecule has 1 aliphatic rings. The first-order chi connectivity index (χ1) is 8.09. The van der Waals surface area contributed by atoms with E-state index in [9.17, 15) is 10.1 Å². The highest BCUT2D eigenvalue weighted by Gasteiger charge is 2.26. The third kappa shape index (κ3) is 2.40. The van der Waals surface area contributed by atoms with Crippen molar-refractivity contribution in [3.8, 4) is 0 Å². The van der Waals surface area contributed by atoms with Gasteiger partial charge in [0.15, 0.2) is 0 Å². The van der Waals surface area contributed by atoms with Gasteiger partial charge in [-0.2, -0.15) is 5.10 Å². The summed E-state index contributed by atoms with van der Waals surface area (Å²) in [6, 6.07) is 0.345. The summed E-state index contributed by atoms with van der Waals surface area (Å²) in [5, 5.41) is 18.4.